The molecule has 1 N–H and O–H groups in total. The second-order valence-electron chi connectivity index (χ2n) is 4.13. The number of nitro groups is 1. The topological polar surface area (TPSA) is 72.2 Å². The molecule has 0 unspecified atom stereocenters. The Morgan fingerprint density at radius 1 is 1.19 bits per heavy atom. The minimum atomic E-state index is -0.469. The highest BCUT2D eigenvalue weighted by Gasteiger charge is 2.08. The van der Waals surface area contributed by atoms with Crippen molar-refractivity contribution in [2.24, 2.45) is 0 Å². The fourth-order valence-corrected chi connectivity index (χ4v) is 2.12. The number of anilines is 1. The second kappa shape index (κ2) is 6.81. The minimum Gasteiger partial charge on any atom is -0.361 e. The molecule has 0 aliphatic carbocycles. The molecule has 2 rings (SSSR count). The Morgan fingerprint density at radius 3 is 2.52 bits per heavy atom. The molecule has 2 aromatic carbocycles. The van der Waals surface area contributed by atoms with E-state index in [0.29, 0.717) is 15.7 Å². The van der Waals surface area contributed by atoms with Crippen LogP contribution in [0.1, 0.15) is 10.4 Å². The van der Waals surface area contributed by atoms with E-state index in [1.807, 2.05) is 6.07 Å². The van der Waals surface area contributed by atoms with Gasteiger partial charge in [0.1, 0.15) is 0 Å². The number of carbonyl (C=O) groups is 1. The van der Waals surface area contributed by atoms with Crippen molar-refractivity contribution in [3.05, 3.63) is 81.0 Å². The van der Waals surface area contributed by atoms with Crippen molar-refractivity contribution in [1.82, 2.24) is 0 Å². The summed E-state index contributed by atoms with van der Waals surface area (Å²) in [6.45, 7) is 0. The summed E-state index contributed by atoms with van der Waals surface area (Å²) in [5.74, 6) is -0.124. The Morgan fingerprint density at radius 2 is 1.90 bits per heavy atom. The van der Waals surface area contributed by atoms with Gasteiger partial charge in [-0.1, -0.05) is 30.3 Å². The molecule has 2 aromatic rings. The lowest BCUT2D eigenvalue weighted by molar-refractivity contribution is -0.384. The van der Waals surface area contributed by atoms with Gasteiger partial charge in [0, 0.05) is 34.4 Å². The monoisotopic (exact) mass is 346 g/mol. The van der Waals surface area contributed by atoms with Crippen molar-refractivity contribution < 1.29 is 9.72 Å². The summed E-state index contributed by atoms with van der Waals surface area (Å²) in [4.78, 5) is 22.0. The number of allylic oxidation sites excluding steroid dienone is 1. The van der Waals surface area contributed by atoms with Crippen molar-refractivity contribution in [2.45, 2.75) is 0 Å². The number of rotatable bonds is 5. The molecular weight excluding hydrogens is 336 g/mol. The van der Waals surface area contributed by atoms with E-state index in [-0.39, 0.29) is 11.5 Å². The molecule has 0 saturated carbocycles. The maximum absolute atomic E-state index is 11.8. The Balaban J connectivity index is 2.05. The molecule has 0 heterocycles. The number of carbonyl (C=O) groups excluding carboxylic acids is 1. The molecule has 6 heteroatoms. The van der Waals surface area contributed by atoms with Gasteiger partial charge in [0.05, 0.1) is 10.6 Å². The summed E-state index contributed by atoms with van der Waals surface area (Å²) < 4.78 is 0.550. The molecule has 21 heavy (non-hydrogen) atoms. The third-order valence-corrected chi connectivity index (χ3v) is 3.35. The van der Waals surface area contributed by atoms with Gasteiger partial charge in [-0.2, -0.15) is 0 Å². The zero-order valence-electron chi connectivity index (χ0n) is 10.8. The van der Waals surface area contributed by atoms with Crippen molar-refractivity contribution in [1.29, 1.82) is 0 Å². The van der Waals surface area contributed by atoms with E-state index in [1.54, 1.807) is 30.3 Å². The van der Waals surface area contributed by atoms with Crippen LogP contribution in [0.25, 0.3) is 0 Å². The number of benzene rings is 2. The number of hydrogen-bond acceptors (Lipinski definition) is 4. The van der Waals surface area contributed by atoms with Crippen LogP contribution >= 0.6 is 15.9 Å². The Labute approximate surface area is 129 Å². The van der Waals surface area contributed by atoms with Gasteiger partial charge in [-0.15, -0.1) is 0 Å². The highest BCUT2D eigenvalue weighted by atomic mass is 79.9. The standard InChI is InChI=1S/C15H11BrN2O3/c16-13-10-12(18(20)21)6-7-14(13)17-9-8-15(19)11-4-2-1-3-5-11/h1-10,17H. The first-order valence-corrected chi connectivity index (χ1v) is 6.83. The molecule has 0 amide bonds. The van der Waals surface area contributed by atoms with E-state index in [2.05, 4.69) is 21.2 Å². The molecule has 0 aliphatic heterocycles. The first-order valence-electron chi connectivity index (χ1n) is 6.04. The summed E-state index contributed by atoms with van der Waals surface area (Å²) in [6, 6.07) is 13.2. The van der Waals surface area contributed by atoms with Gasteiger partial charge in [-0.25, -0.2) is 0 Å². The van der Waals surface area contributed by atoms with E-state index < -0.39 is 4.92 Å². The number of hydrogen-bond donors (Lipinski definition) is 1. The SMILES string of the molecule is O=C(C=CNc1ccc([N+](=O)[O-])cc1Br)c1ccccc1. The largest absolute Gasteiger partial charge is 0.361 e. The third-order valence-electron chi connectivity index (χ3n) is 2.70. The van der Waals surface area contributed by atoms with Gasteiger partial charge in [0.2, 0.25) is 0 Å². The second-order valence-corrected chi connectivity index (χ2v) is 4.98. The van der Waals surface area contributed by atoms with Gasteiger partial charge >= 0.3 is 0 Å². The van der Waals surface area contributed by atoms with E-state index in [4.69, 9.17) is 0 Å². The van der Waals surface area contributed by atoms with Gasteiger partial charge in [-0.3, -0.25) is 14.9 Å². The van der Waals surface area contributed by atoms with Crippen molar-refractivity contribution in [3.8, 4) is 0 Å². The number of nitrogens with one attached hydrogen (secondary N) is 1. The van der Waals surface area contributed by atoms with E-state index in [1.165, 1.54) is 24.4 Å². The molecule has 0 bridgehead atoms. The number of halogens is 1. The Hall–Kier alpha value is -2.47. The molecular formula is C15H11BrN2O3. The van der Waals surface area contributed by atoms with Gasteiger partial charge in [-0.05, 0) is 22.0 Å². The highest BCUT2D eigenvalue weighted by molar-refractivity contribution is 9.10. The molecule has 0 fully saturated rings. The maximum atomic E-state index is 11.8. The fraction of sp³-hybridized carbons (Fsp3) is 0. The summed E-state index contributed by atoms with van der Waals surface area (Å²) >= 11 is 3.24. The number of ketones is 1. The van der Waals surface area contributed by atoms with Crippen LogP contribution in [0, 0.1) is 10.1 Å². The van der Waals surface area contributed by atoms with E-state index in [0.717, 1.165) is 0 Å². The normalized spacial score (nSPS) is 10.5. The van der Waals surface area contributed by atoms with E-state index >= 15 is 0 Å². The summed E-state index contributed by atoms with van der Waals surface area (Å²) in [6.07, 6.45) is 2.91. The number of non-ortho nitro benzene ring substituents is 1. The van der Waals surface area contributed by atoms with Crippen LogP contribution in [0.3, 0.4) is 0 Å². The average Bonchev–Trinajstić information content (AvgIpc) is 2.49. The molecule has 5 nitrogen and oxygen atoms in total. The van der Waals surface area contributed by atoms with Crippen molar-refractivity contribution in [3.63, 3.8) is 0 Å². The van der Waals surface area contributed by atoms with Gasteiger partial charge < -0.3 is 5.32 Å². The fourth-order valence-electron chi connectivity index (χ4n) is 1.64. The Kier molecular flexibility index (Phi) is 4.84. The van der Waals surface area contributed by atoms with Crippen LogP contribution in [-0.4, -0.2) is 10.7 Å². The van der Waals surface area contributed by atoms with Crippen molar-refractivity contribution >= 4 is 33.1 Å². The van der Waals surface area contributed by atoms with Gasteiger partial charge in [0.15, 0.2) is 5.78 Å². The molecule has 0 radical (unpaired) electrons. The smallest absolute Gasteiger partial charge is 0.270 e. The first kappa shape index (κ1) is 14.9. The maximum Gasteiger partial charge on any atom is 0.270 e. The quantitative estimate of drug-likeness (QED) is 0.381. The lowest BCUT2D eigenvalue weighted by Crippen LogP contribution is -1.96. The lowest BCUT2D eigenvalue weighted by Gasteiger charge is -2.03. The van der Waals surface area contributed by atoms with Crippen LogP contribution in [0.2, 0.25) is 0 Å². The molecule has 0 aromatic heterocycles. The molecule has 0 aliphatic rings. The minimum absolute atomic E-state index is 0.00299. The molecule has 0 spiro atoms. The van der Waals surface area contributed by atoms with Crippen LogP contribution in [0.4, 0.5) is 11.4 Å². The summed E-state index contributed by atoms with van der Waals surface area (Å²) in [5, 5.41) is 13.5. The predicted octanol–water partition coefficient (Wildman–Crippen LogP) is 4.17. The molecule has 106 valence electrons. The highest BCUT2D eigenvalue weighted by Crippen LogP contribution is 2.27. The zero-order valence-corrected chi connectivity index (χ0v) is 12.4. The third kappa shape index (κ3) is 4.00. The van der Waals surface area contributed by atoms with Crippen LogP contribution in [-0.2, 0) is 0 Å². The molecule has 0 atom stereocenters. The number of nitro benzene ring substituents is 1. The van der Waals surface area contributed by atoms with Gasteiger partial charge in [0.25, 0.3) is 5.69 Å². The molecule has 0 saturated heterocycles. The summed E-state index contributed by atoms with van der Waals surface area (Å²) in [5.41, 5.74) is 1.23. The summed E-state index contributed by atoms with van der Waals surface area (Å²) in [7, 11) is 0. The van der Waals surface area contributed by atoms with Crippen LogP contribution in [0.15, 0.2) is 65.3 Å². The predicted molar refractivity (Wildman–Crippen MR) is 84.3 cm³/mol. The van der Waals surface area contributed by atoms with Crippen molar-refractivity contribution in [2.75, 3.05) is 5.32 Å². The average molecular weight is 347 g/mol. The lowest BCUT2D eigenvalue weighted by atomic mass is 10.1. The number of nitrogens with zero attached hydrogens (tertiary/aromatic N) is 1. The Bertz CT molecular complexity index is 699. The van der Waals surface area contributed by atoms with Crippen LogP contribution in [0.5, 0.6) is 0 Å². The zero-order chi connectivity index (χ0) is 15.2. The van der Waals surface area contributed by atoms with E-state index in [9.17, 15) is 14.9 Å². The van der Waals surface area contributed by atoms with Crippen LogP contribution < -0.4 is 5.32 Å². The first-order chi connectivity index (χ1) is 10.1.